The van der Waals surface area contributed by atoms with Gasteiger partial charge >= 0.3 is 5.97 Å². The first-order chi connectivity index (χ1) is 11.6. The molecule has 0 aliphatic carbocycles. The quantitative estimate of drug-likeness (QED) is 0.388. The van der Waals surface area contributed by atoms with Crippen LogP contribution in [-0.4, -0.2) is 10.9 Å². The zero-order valence-corrected chi connectivity index (χ0v) is 12.8. The summed E-state index contributed by atoms with van der Waals surface area (Å²) in [6.07, 6.45) is 2.49. The van der Waals surface area contributed by atoms with Crippen molar-refractivity contribution in [1.29, 1.82) is 0 Å². The van der Waals surface area contributed by atoms with E-state index in [1.54, 1.807) is 18.4 Å². The highest BCUT2D eigenvalue weighted by atomic mass is 16.6. The summed E-state index contributed by atoms with van der Waals surface area (Å²) in [6, 6.07) is 13.6. The number of rotatable bonds is 6. The summed E-state index contributed by atoms with van der Waals surface area (Å²) in [7, 11) is 0. The number of carbonyl (C=O) groups is 1. The third-order valence-electron chi connectivity index (χ3n) is 3.68. The maximum Gasteiger partial charge on any atom is 0.306 e. The minimum absolute atomic E-state index is 0.0136. The molecule has 0 fully saturated rings. The number of hydrogen-bond acceptors (Lipinski definition) is 5. The lowest BCUT2D eigenvalue weighted by Gasteiger charge is -2.05. The van der Waals surface area contributed by atoms with E-state index in [1.165, 1.54) is 12.1 Å². The number of nitro groups is 1. The first-order valence-corrected chi connectivity index (χ1v) is 7.47. The Kier molecular flexibility index (Phi) is 4.56. The van der Waals surface area contributed by atoms with Gasteiger partial charge in [-0.2, -0.15) is 0 Å². The van der Waals surface area contributed by atoms with Gasteiger partial charge in [-0.3, -0.25) is 14.9 Å². The highest BCUT2D eigenvalue weighted by molar-refractivity contribution is 5.78. The van der Waals surface area contributed by atoms with Crippen molar-refractivity contribution < 1.29 is 18.9 Å². The number of hydrogen-bond donors (Lipinski definition) is 0. The number of fused-ring (bicyclic) bond motifs is 1. The van der Waals surface area contributed by atoms with Crippen LogP contribution in [0.2, 0.25) is 0 Å². The van der Waals surface area contributed by atoms with Crippen LogP contribution in [-0.2, 0) is 22.6 Å². The topological polar surface area (TPSA) is 82.6 Å². The van der Waals surface area contributed by atoms with Gasteiger partial charge in [0, 0.05) is 23.9 Å². The number of benzene rings is 2. The number of nitro benzene ring substituents is 1. The summed E-state index contributed by atoms with van der Waals surface area (Å²) in [6.45, 7) is 0.109. The Bertz CT molecular complexity index is 867. The fourth-order valence-electron chi connectivity index (χ4n) is 2.37. The molecule has 1 aromatic heterocycles. The van der Waals surface area contributed by atoms with Gasteiger partial charge in [-0.15, -0.1) is 0 Å². The fraction of sp³-hybridized carbons (Fsp3) is 0.167. The molecule has 6 heteroatoms. The van der Waals surface area contributed by atoms with E-state index in [1.807, 2.05) is 24.3 Å². The maximum absolute atomic E-state index is 11.8. The largest absolute Gasteiger partial charge is 0.464 e. The Morgan fingerprint density at radius 2 is 1.83 bits per heavy atom. The molecule has 0 saturated heterocycles. The molecule has 3 aromatic rings. The van der Waals surface area contributed by atoms with E-state index < -0.39 is 4.92 Å². The standard InChI is InChI=1S/C18H15NO5/c20-18(24-12-14-1-5-16(6-2-14)19(21)22)8-4-13-3-7-17-15(11-13)9-10-23-17/h1-3,5-7,9-11H,4,8,12H2. The molecule has 1 heterocycles. The van der Waals surface area contributed by atoms with Crippen LogP contribution in [0.1, 0.15) is 17.5 Å². The average Bonchev–Trinajstić information content (AvgIpc) is 3.06. The number of nitrogens with zero attached hydrogens (tertiary/aromatic N) is 1. The molecule has 0 aliphatic heterocycles. The molecule has 6 nitrogen and oxygen atoms in total. The number of carbonyl (C=O) groups excluding carboxylic acids is 1. The molecule has 2 aromatic carbocycles. The number of non-ortho nitro benzene ring substituents is 1. The van der Waals surface area contributed by atoms with Crippen LogP contribution in [0.5, 0.6) is 0 Å². The summed E-state index contributed by atoms with van der Waals surface area (Å²) in [5.74, 6) is -0.305. The van der Waals surface area contributed by atoms with Crippen molar-refractivity contribution in [2.45, 2.75) is 19.4 Å². The third kappa shape index (κ3) is 3.78. The van der Waals surface area contributed by atoms with Crippen LogP contribution in [0, 0.1) is 10.1 Å². The first kappa shape index (κ1) is 15.7. The molecule has 24 heavy (non-hydrogen) atoms. The second kappa shape index (κ2) is 6.95. The van der Waals surface area contributed by atoms with E-state index in [0.29, 0.717) is 12.0 Å². The fourth-order valence-corrected chi connectivity index (χ4v) is 2.37. The van der Waals surface area contributed by atoms with Gasteiger partial charge in [0.05, 0.1) is 11.2 Å². The number of ether oxygens (including phenoxy) is 1. The van der Waals surface area contributed by atoms with Gasteiger partial charge in [0.1, 0.15) is 12.2 Å². The van der Waals surface area contributed by atoms with Gasteiger partial charge in [0.15, 0.2) is 0 Å². The van der Waals surface area contributed by atoms with Gasteiger partial charge in [-0.05, 0) is 47.9 Å². The minimum Gasteiger partial charge on any atom is -0.464 e. The number of esters is 1. The van der Waals surface area contributed by atoms with Crippen molar-refractivity contribution >= 4 is 22.6 Å². The Morgan fingerprint density at radius 1 is 1.08 bits per heavy atom. The first-order valence-electron chi connectivity index (χ1n) is 7.47. The van der Waals surface area contributed by atoms with Crippen LogP contribution in [0.15, 0.2) is 59.2 Å². The van der Waals surface area contributed by atoms with Crippen LogP contribution >= 0.6 is 0 Å². The van der Waals surface area contributed by atoms with Crippen molar-refractivity contribution in [3.05, 3.63) is 76.0 Å². The Labute approximate surface area is 137 Å². The zero-order chi connectivity index (χ0) is 16.9. The highest BCUT2D eigenvalue weighted by Crippen LogP contribution is 2.18. The zero-order valence-electron chi connectivity index (χ0n) is 12.8. The Hall–Kier alpha value is -3.15. The number of furan rings is 1. The van der Waals surface area contributed by atoms with Gasteiger partial charge in [0.2, 0.25) is 0 Å². The third-order valence-corrected chi connectivity index (χ3v) is 3.68. The molecule has 0 saturated carbocycles. The molecule has 0 amide bonds. The monoisotopic (exact) mass is 325 g/mol. The van der Waals surface area contributed by atoms with Gasteiger partial charge in [-0.1, -0.05) is 6.07 Å². The maximum atomic E-state index is 11.8. The molecule has 3 rings (SSSR count). The second-order valence-electron chi connectivity index (χ2n) is 5.38. The van der Waals surface area contributed by atoms with Gasteiger partial charge < -0.3 is 9.15 Å². The van der Waals surface area contributed by atoms with Crippen molar-refractivity contribution in [2.24, 2.45) is 0 Å². The summed E-state index contributed by atoms with van der Waals surface area (Å²) >= 11 is 0. The molecule has 0 radical (unpaired) electrons. The predicted molar refractivity (Wildman–Crippen MR) is 87.4 cm³/mol. The second-order valence-corrected chi connectivity index (χ2v) is 5.38. The smallest absolute Gasteiger partial charge is 0.306 e. The van der Waals surface area contributed by atoms with E-state index in [-0.39, 0.29) is 24.7 Å². The summed E-state index contributed by atoms with van der Waals surface area (Å²) < 4.78 is 10.5. The Morgan fingerprint density at radius 3 is 2.58 bits per heavy atom. The molecule has 0 unspecified atom stereocenters. The summed E-state index contributed by atoms with van der Waals surface area (Å²) in [4.78, 5) is 21.9. The summed E-state index contributed by atoms with van der Waals surface area (Å²) in [5, 5.41) is 11.6. The van der Waals surface area contributed by atoms with Crippen LogP contribution < -0.4 is 0 Å². The van der Waals surface area contributed by atoms with Crippen molar-refractivity contribution in [2.75, 3.05) is 0 Å². The van der Waals surface area contributed by atoms with E-state index in [2.05, 4.69) is 0 Å². The van der Waals surface area contributed by atoms with E-state index in [0.717, 1.165) is 16.5 Å². The summed E-state index contributed by atoms with van der Waals surface area (Å²) in [5.41, 5.74) is 2.59. The number of aryl methyl sites for hydroxylation is 1. The highest BCUT2D eigenvalue weighted by Gasteiger charge is 2.08. The lowest BCUT2D eigenvalue weighted by molar-refractivity contribution is -0.384. The lowest BCUT2D eigenvalue weighted by atomic mass is 10.1. The van der Waals surface area contributed by atoms with Gasteiger partial charge in [-0.25, -0.2) is 0 Å². The predicted octanol–water partition coefficient (Wildman–Crippen LogP) is 4.02. The van der Waals surface area contributed by atoms with Crippen molar-refractivity contribution in [1.82, 2.24) is 0 Å². The van der Waals surface area contributed by atoms with E-state index in [4.69, 9.17) is 9.15 Å². The Balaban J connectivity index is 1.49. The minimum atomic E-state index is -0.466. The lowest BCUT2D eigenvalue weighted by Crippen LogP contribution is -2.06. The molecule has 0 aliphatic rings. The molecule has 122 valence electrons. The van der Waals surface area contributed by atoms with Gasteiger partial charge in [0.25, 0.3) is 5.69 Å². The molecule has 0 N–H and O–H groups in total. The van der Waals surface area contributed by atoms with Crippen molar-refractivity contribution in [3.8, 4) is 0 Å². The van der Waals surface area contributed by atoms with Crippen LogP contribution in [0.3, 0.4) is 0 Å². The SMILES string of the molecule is O=C(CCc1ccc2occc2c1)OCc1ccc([N+](=O)[O-])cc1. The molecular formula is C18H15NO5. The molecule has 0 bridgehead atoms. The molecule has 0 spiro atoms. The van der Waals surface area contributed by atoms with E-state index >= 15 is 0 Å². The van der Waals surface area contributed by atoms with Crippen molar-refractivity contribution in [3.63, 3.8) is 0 Å². The molecule has 0 atom stereocenters. The average molecular weight is 325 g/mol. The van der Waals surface area contributed by atoms with Crippen LogP contribution in [0.4, 0.5) is 5.69 Å². The normalized spacial score (nSPS) is 10.7. The van der Waals surface area contributed by atoms with Crippen LogP contribution in [0.25, 0.3) is 11.0 Å². The molecular weight excluding hydrogens is 310 g/mol. The van der Waals surface area contributed by atoms with E-state index in [9.17, 15) is 14.9 Å².